The third-order valence-corrected chi connectivity index (χ3v) is 5.85. The van der Waals surface area contributed by atoms with Gasteiger partial charge in [0.05, 0.1) is 0 Å². The van der Waals surface area contributed by atoms with Crippen LogP contribution in [0.1, 0.15) is 33.0 Å². The van der Waals surface area contributed by atoms with Crippen molar-refractivity contribution in [2.24, 2.45) is 0 Å². The largest absolute Gasteiger partial charge is 0.486 e. The molecule has 0 spiro atoms. The minimum Gasteiger partial charge on any atom is -0.486 e. The van der Waals surface area contributed by atoms with Crippen molar-refractivity contribution in [2.75, 3.05) is 13.1 Å². The highest BCUT2D eigenvalue weighted by atomic mass is 32.1. The second-order valence-electron chi connectivity index (χ2n) is 7.41. The first-order valence-corrected chi connectivity index (χ1v) is 10.7. The molecule has 1 atom stereocenters. The Morgan fingerprint density at radius 1 is 1.21 bits per heavy atom. The van der Waals surface area contributed by atoms with Gasteiger partial charge in [-0.25, -0.2) is 4.98 Å². The Labute approximate surface area is 175 Å². The van der Waals surface area contributed by atoms with Crippen molar-refractivity contribution in [3.05, 3.63) is 81.8 Å². The van der Waals surface area contributed by atoms with Crippen molar-refractivity contribution in [1.82, 2.24) is 15.2 Å². The number of benzene rings is 2. The summed E-state index contributed by atoms with van der Waals surface area (Å²) in [7, 11) is 0. The normalized spacial score (nSPS) is 16.7. The summed E-state index contributed by atoms with van der Waals surface area (Å²) in [6, 6.07) is 18.5. The van der Waals surface area contributed by atoms with E-state index in [4.69, 9.17) is 4.74 Å². The number of aryl methyl sites for hydroxylation is 1. The third-order valence-electron chi connectivity index (χ3n) is 5.02. The summed E-state index contributed by atoms with van der Waals surface area (Å²) in [5.74, 6) is 0.704. The lowest BCUT2D eigenvalue weighted by molar-refractivity contribution is 0.0933. The van der Waals surface area contributed by atoms with Crippen molar-refractivity contribution in [3.8, 4) is 5.75 Å². The van der Waals surface area contributed by atoms with Crippen LogP contribution in [0.25, 0.3) is 0 Å². The molecule has 0 aliphatic carbocycles. The minimum absolute atomic E-state index is 0.102. The molecule has 1 aliphatic heterocycles. The third kappa shape index (κ3) is 5.43. The van der Waals surface area contributed by atoms with E-state index < -0.39 is 0 Å². The number of ether oxygens (including phenoxy) is 1. The smallest absolute Gasteiger partial charge is 0.271 e. The Morgan fingerprint density at radius 3 is 2.79 bits per heavy atom. The van der Waals surface area contributed by atoms with Crippen molar-refractivity contribution in [1.29, 1.82) is 0 Å². The lowest BCUT2D eigenvalue weighted by atomic mass is 10.2. The Kier molecular flexibility index (Phi) is 6.22. The fourth-order valence-electron chi connectivity index (χ4n) is 3.46. The molecule has 1 unspecified atom stereocenters. The van der Waals surface area contributed by atoms with Crippen LogP contribution in [-0.2, 0) is 13.2 Å². The number of carbonyl (C=O) groups is 1. The topological polar surface area (TPSA) is 54.5 Å². The second kappa shape index (κ2) is 9.20. The standard InChI is InChI=1S/C23H25N3O2S/c1-17-7-9-20(10-8-17)28-15-22-25-21(16-29-22)23(27)24-19-11-12-26(14-19)13-18-5-3-2-4-6-18/h2-10,16,19H,11-15H2,1H3,(H,24,27). The predicted molar refractivity (Wildman–Crippen MR) is 115 cm³/mol. The van der Waals surface area contributed by atoms with Crippen LogP contribution in [0, 0.1) is 6.92 Å². The second-order valence-corrected chi connectivity index (χ2v) is 8.35. The van der Waals surface area contributed by atoms with E-state index in [2.05, 4.69) is 39.5 Å². The molecule has 2 aromatic carbocycles. The van der Waals surface area contributed by atoms with Gasteiger partial charge in [-0.2, -0.15) is 0 Å². The molecule has 2 heterocycles. The molecule has 1 aromatic heterocycles. The number of carbonyl (C=O) groups excluding carboxylic acids is 1. The first-order chi connectivity index (χ1) is 14.2. The monoisotopic (exact) mass is 407 g/mol. The van der Waals surface area contributed by atoms with Gasteiger partial charge in [-0.3, -0.25) is 9.69 Å². The van der Waals surface area contributed by atoms with Crippen LogP contribution in [0.3, 0.4) is 0 Å². The Morgan fingerprint density at radius 2 is 2.00 bits per heavy atom. The van der Waals surface area contributed by atoms with Gasteiger partial charge in [0.25, 0.3) is 5.91 Å². The number of nitrogens with one attached hydrogen (secondary N) is 1. The number of aromatic nitrogens is 1. The number of rotatable bonds is 7. The molecule has 3 aromatic rings. The highest BCUT2D eigenvalue weighted by Gasteiger charge is 2.25. The molecular weight excluding hydrogens is 382 g/mol. The van der Waals surface area contributed by atoms with Gasteiger partial charge in [-0.05, 0) is 31.0 Å². The zero-order valence-corrected chi connectivity index (χ0v) is 17.3. The van der Waals surface area contributed by atoms with Gasteiger partial charge in [0, 0.05) is 31.1 Å². The number of hydrogen-bond acceptors (Lipinski definition) is 5. The molecular formula is C23H25N3O2S. The first-order valence-electron chi connectivity index (χ1n) is 9.87. The summed E-state index contributed by atoms with van der Waals surface area (Å²) in [5.41, 5.74) is 2.97. The highest BCUT2D eigenvalue weighted by Crippen LogP contribution is 2.17. The van der Waals surface area contributed by atoms with Gasteiger partial charge in [-0.1, -0.05) is 48.0 Å². The summed E-state index contributed by atoms with van der Waals surface area (Å²) in [6.07, 6.45) is 0.964. The predicted octanol–water partition coefficient (Wildman–Crippen LogP) is 4.03. The number of hydrogen-bond donors (Lipinski definition) is 1. The van der Waals surface area contributed by atoms with Gasteiger partial charge in [0.1, 0.15) is 23.1 Å². The molecule has 5 nitrogen and oxygen atoms in total. The molecule has 1 fully saturated rings. The molecule has 4 rings (SSSR count). The van der Waals surface area contributed by atoms with Crippen molar-refractivity contribution >= 4 is 17.2 Å². The van der Waals surface area contributed by atoms with E-state index in [-0.39, 0.29) is 11.9 Å². The van der Waals surface area contributed by atoms with Gasteiger partial charge in [0.2, 0.25) is 0 Å². The summed E-state index contributed by atoms with van der Waals surface area (Å²) >= 11 is 1.45. The van der Waals surface area contributed by atoms with Gasteiger partial charge < -0.3 is 10.1 Å². The van der Waals surface area contributed by atoms with Gasteiger partial charge >= 0.3 is 0 Å². The molecule has 29 heavy (non-hydrogen) atoms. The highest BCUT2D eigenvalue weighted by molar-refractivity contribution is 7.09. The van der Waals surface area contributed by atoms with E-state index >= 15 is 0 Å². The molecule has 0 bridgehead atoms. The fraction of sp³-hybridized carbons (Fsp3) is 0.304. The zero-order valence-electron chi connectivity index (χ0n) is 16.5. The van der Waals surface area contributed by atoms with E-state index in [0.717, 1.165) is 36.8 Å². The molecule has 150 valence electrons. The quantitative estimate of drug-likeness (QED) is 0.642. The SMILES string of the molecule is Cc1ccc(OCc2nc(C(=O)NC3CCN(Cc4ccccc4)C3)cs2)cc1. The number of nitrogens with zero attached hydrogens (tertiary/aromatic N) is 2. The Balaban J connectivity index is 1.25. The zero-order chi connectivity index (χ0) is 20.1. The van der Waals surface area contributed by atoms with Gasteiger partial charge in [0.15, 0.2) is 0 Å². The van der Waals surface area contributed by atoms with Crippen molar-refractivity contribution in [3.63, 3.8) is 0 Å². The van der Waals surface area contributed by atoms with Crippen LogP contribution < -0.4 is 10.1 Å². The van der Waals surface area contributed by atoms with Crippen LogP contribution in [0.2, 0.25) is 0 Å². The molecule has 1 aliphatic rings. The maximum atomic E-state index is 12.6. The fourth-order valence-corrected chi connectivity index (χ4v) is 4.14. The molecule has 6 heteroatoms. The molecule has 1 N–H and O–H groups in total. The van der Waals surface area contributed by atoms with E-state index in [1.807, 2.05) is 37.3 Å². The van der Waals surface area contributed by atoms with E-state index in [1.54, 1.807) is 5.38 Å². The number of amides is 1. The summed E-state index contributed by atoms with van der Waals surface area (Å²) in [5, 5.41) is 5.73. The van der Waals surface area contributed by atoms with E-state index in [1.165, 1.54) is 22.5 Å². The molecule has 1 saturated heterocycles. The van der Waals surface area contributed by atoms with E-state index in [9.17, 15) is 4.79 Å². The van der Waals surface area contributed by atoms with Crippen LogP contribution in [0.4, 0.5) is 0 Å². The van der Waals surface area contributed by atoms with Crippen molar-refractivity contribution < 1.29 is 9.53 Å². The summed E-state index contributed by atoms with van der Waals surface area (Å²) in [6.45, 7) is 5.20. The Hall–Kier alpha value is -2.70. The minimum atomic E-state index is -0.102. The van der Waals surface area contributed by atoms with E-state index in [0.29, 0.717) is 12.3 Å². The maximum Gasteiger partial charge on any atom is 0.271 e. The Bertz CT molecular complexity index is 940. The number of thiazole rings is 1. The average molecular weight is 408 g/mol. The molecule has 0 saturated carbocycles. The molecule has 1 amide bonds. The lowest BCUT2D eigenvalue weighted by Crippen LogP contribution is -2.37. The van der Waals surface area contributed by atoms with Crippen molar-refractivity contribution in [2.45, 2.75) is 32.5 Å². The van der Waals surface area contributed by atoms with Crippen LogP contribution in [0.5, 0.6) is 5.75 Å². The summed E-state index contributed by atoms with van der Waals surface area (Å²) < 4.78 is 5.75. The maximum absolute atomic E-state index is 12.6. The lowest BCUT2D eigenvalue weighted by Gasteiger charge is -2.16. The first kappa shape index (κ1) is 19.6. The van der Waals surface area contributed by atoms with Crippen LogP contribution >= 0.6 is 11.3 Å². The average Bonchev–Trinajstić information content (AvgIpc) is 3.38. The molecule has 0 radical (unpaired) electrons. The number of likely N-dealkylation sites (tertiary alicyclic amines) is 1. The summed E-state index contributed by atoms with van der Waals surface area (Å²) in [4.78, 5) is 19.4. The van der Waals surface area contributed by atoms with Gasteiger partial charge in [-0.15, -0.1) is 11.3 Å². The van der Waals surface area contributed by atoms with Crippen LogP contribution in [0.15, 0.2) is 60.0 Å². The van der Waals surface area contributed by atoms with Crippen LogP contribution in [-0.4, -0.2) is 34.9 Å².